The Labute approximate surface area is 247 Å². The summed E-state index contributed by atoms with van der Waals surface area (Å²) < 4.78 is 7.67. The standard InChI is InChI=1S/C34H32N4O3S/c1-19-15-26(37-41-19)18-38-30-17-25(34(39)40)9-12-27(30)31(22-7-5-4-6-8-22)32(38)24-11-13-28-23(16-24)10-14-29(36-28)33-20(2)35-21(3)42-33/h9-17,22H,4-8,18H2,1-3H3,(H,39,40). The number of hydrogen-bond donors (Lipinski definition) is 1. The molecule has 42 heavy (non-hydrogen) atoms. The van der Waals surface area contributed by atoms with E-state index in [1.54, 1.807) is 17.4 Å². The number of aromatic carboxylic acids is 1. The molecule has 212 valence electrons. The van der Waals surface area contributed by atoms with Crippen molar-refractivity contribution in [3.63, 3.8) is 0 Å². The smallest absolute Gasteiger partial charge is 0.335 e. The number of aryl methyl sites for hydroxylation is 3. The average Bonchev–Trinajstić information content (AvgIpc) is 3.66. The largest absolute Gasteiger partial charge is 0.478 e. The summed E-state index contributed by atoms with van der Waals surface area (Å²) in [6, 6.07) is 18.2. The second-order valence-electron chi connectivity index (χ2n) is 11.4. The van der Waals surface area contributed by atoms with Gasteiger partial charge in [0.2, 0.25) is 0 Å². The Hall–Kier alpha value is -4.30. The molecule has 7 nitrogen and oxygen atoms in total. The zero-order valence-electron chi connectivity index (χ0n) is 24.0. The minimum Gasteiger partial charge on any atom is -0.478 e. The summed E-state index contributed by atoms with van der Waals surface area (Å²) in [4.78, 5) is 22.7. The SMILES string of the molecule is Cc1cc(Cn2c(-c3ccc4nc(-c5sc(C)nc5C)ccc4c3)c(C3CCCCC3)c3ccc(C(=O)O)cc32)no1. The van der Waals surface area contributed by atoms with Gasteiger partial charge in [0.25, 0.3) is 0 Å². The second-order valence-corrected chi connectivity index (χ2v) is 12.6. The number of thiazole rings is 1. The Kier molecular flexibility index (Phi) is 6.66. The molecule has 1 saturated carbocycles. The van der Waals surface area contributed by atoms with Gasteiger partial charge in [-0.15, -0.1) is 11.3 Å². The van der Waals surface area contributed by atoms with Gasteiger partial charge in [0, 0.05) is 16.8 Å². The molecule has 1 N–H and O–H groups in total. The fourth-order valence-electron chi connectivity index (χ4n) is 6.61. The van der Waals surface area contributed by atoms with E-state index >= 15 is 0 Å². The Morgan fingerprint density at radius 2 is 1.83 bits per heavy atom. The minimum atomic E-state index is -0.929. The molecule has 4 heterocycles. The fourth-order valence-corrected chi connectivity index (χ4v) is 7.50. The quantitative estimate of drug-likeness (QED) is 0.213. The Morgan fingerprint density at radius 1 is 1.00 bits per heavy atom. The van der Waals surface area contributed by atoms with E-state index in [0.717, 1.165) is 78.6 Å². The lowest BCUT2D eigenvalue weighted by atomic mass is 9.81. The highest BCUT2D eigenvalue weighted by molar-refractivity contribution is 7.15. The van der Waals surface area contributed by atoms with E-state index in [1.165, 1.54) is 24.8 Å². The number of fused-ring (bicyclic) bond motifs is 2. The molecule has 6 aromatic rings. The maximum Gasteiger partial charge on any atom is 0.335 e. The van der Waals surface area contributed by atoms with Gasteiger partial charge in [0.1, 0.15) is 11.5 Å². The van der Waals surface area contributed by atoms with Crippen LogP contribution in [0.3, 0.4) is 0 Å². The van der Waals surface area contributed by atoms with Crippen molar-refractivity contribution in [3.05, 3.63) is 87.9 Å². The third-order valence-corrected chi connectivity index (χ3v) is 9.56. The molecule has 0 bridgehead atoms. The first-order chi connectivity index (χ1) is 20.4. The first-order valence-corrected chi connectivity index (χ1v) is 15.3. The molecular weight excluding hydrogens is 544 g/mol. The van der Waals surface area contributed by atoms with Crippen LogP contribution in [0, 0.1) is 20.8 Å². The van der Waals surface area contributed by atoms with E-state index in [4.69, 9.17) is 9.51 Å². The molecule has 0 spiro atoms. The van der Waals surface area contributed by atoms with Crippen LogP contribution in [0.15, 0.2) is 59.1 Å². The predicted molar refractivity (Wildman–Crippen MR) is 166 cm³/mol. The van der Waals surface area contributed by atoms with Crippen molar-refractivity contribution in [2.75, 3.05) is 0 Å². The summed E-state index contributed by atoms with van der Waals surface area (Å²) in [5, 5.41) is 17.4. The van der Waals surface area contributed by atoms with Crippen LogP contribution in [0.4, 0.5) is 0 Å². The van der Waals surface area contributed by atoms with Crippen molar-refractivity contribution >= 4 is 39.1 Å². The van der Waals surface area contributed by atoms with Crippen molar-refractivity contribution in [3.8, 4) is 21.8 Å². The molecule has 0 saturated heterocycles. The molecule has 0 aliphatic heterocycles. The van der Waals surface area contributed by atoms with Gasteiger partial charge in [-0.1, -0.05) is 42.6 Å². The molecular formula is C34H32N4O3S. The van der Waals surface area contributed by atoms with Crippen molar-refractivity contribution in [2.24, 2.45) is 0 Å². The van der Waals surface area contributed by atoms with E-state index in [2.05, 4.69) is 45.0 Å². The summed E-state index contributed by atoms with van der Waals surface area (Å²) in [6.07, 6.45) is 5.92. The Morgan fingerprint density at radius 3 is 2.55 bits per heavy atom. The molecule has 0 unspecified atom stereocenters. The van der Waals surface area contributed by atoms with E-state index in [-0.39, 0.29) is 5.56 Å². The number of hydrogen-bond acceptors (Lipinski definition) is 6. The molecule has 0 atom stereocenters. The maximum absolute atomic E-state index is 12.0. The lowest BCUT2D eigenvalue weighted by molar-refractivity contribution is 0.0697. The van der Waals surface area contributed by atoms with Crippen molar-refractivity contribution in [1.82, 2.24) is 19.7 Å². The predicted octanol–water partition coefficient (Wildman–Crippen LogP) is 8.69. The van der Waals surface area contributed by atoms with Gasteiger partial charge in [-0.05, 0) is 81.0 Å². The number of benzene rings is 2. The Balaban J connectivity index is 1.45. The lowest BCUT2D eigenvalue weighted by Gasteiger charge is -2.24. The summed E-state index contributed by atoms with van der Waals surface area (Å²) in [6.45, 7) is 6.43. The average molecular weight is 577 g/mol. The zero-order valence-corrected chi connectivity index (χ0v) is 24.8. The number of carboxylic acids is 1. The third kappa shape index (κ3) is 4.69. The molecule has 1 fully saturated rings. The van der Waals surface area contributed by atoms with Crippen LogP contribution in [0.25, 0.3) is 43.6 Å². The first kappa shape index (κ1) is 26.6. The molecule has 1 aliphatic carbocycles. The van der Waals surface area contributed by atoms with Crippen LogP contribution < -0.4 is 0 Å². The molecule has 0 amide bonds. The number of pyridine rings is 1. The van der Waals surface area contributed by atoms with Gasteiger partial charge < -0.3 is 14.2 Å². The molecule has 2 aromatic carbocycles. The summed E-state index contributed by atoms with van der Waals surface area (Å²) in [7, 11) is 0. The minimum absolute atomic E-state index is 0.281. The molecule has 1 aliphatic rings. The van der Waals surface area contributed by atoms with E-state index < -0.39 is 5.97 Å². The van der Waals surface area contributed by atoms with Crippen molar-refractivity contribution in [1.29, 1.82) is 0 Å². The third-order valence-electron chi connectivity index (χ3n) is 8.46. The molecule has 4 aromatic heterocycles. The summed E-state index contributed by atoms with van der Waals surface area (Å²) >= 11 is 1.67. The van der Waals surface area contributed by atoms with Gasteiger partial charge in [0.15, 0.2) is 0 Å². The fraction of sp³-hybridized carbons (Fsp3) is 0.294. The van der Waals surface area contributed by atoms with Crippen LogP contribution in [0.1, 0.15) is 76.1 Å². The second kappa shape index (κ2) is 10.5. The van der Waals surface area contributed by atoms with Crippen molar-refractivity contribution in [2.45, 2.75) is 65.3 Å². The number of rotatable bonds is 6. The topological polar surface area (TPSA) is 94.0 Å². The monoisotopic (exact) mass is 576 g/mol. The highest BCUT2D eigenvalue weighted by Crippen LogP contribution is 2.45. The number of carbonyl (C=O) groups is 1. The van der Waals surface area contributed by atoms with Gasteiger partial charge in [0.05, 0.1) is 50.1 Å². The molecule has 0 radical (unpaired) electrons. The van der Waals surface area contributed by atoms with Gasteiger partial charge in [-0.25, -0.2) is 14.8 Å². The van der Waals surface area contributed by atoms with Gasteiger partial charge >= 0.3 is 5.97 Å². The first-order valence-electron chi connectivity index (χ1n) is 14.5. The zero-order chi connectivity index (χ0) is 29.0. The maximum atomic E-state index is 12.0. The summed E-state index contributed by atoms with van der Waals surface area (Å²) in [5.41, 5.74) is 8.41. The van der Waals surface area contributed by atoms with Crippen LogP contribution in [-0.4, -0.2) is 30.8 Å². The normalized spacial score (nSPS) is 14.3. The van der Waals surface area contributed by atoms with Crippen LogP contribution in [0.5, 0.6) is 0 Å². The highest BCUT2D eigenvalue weighted by atomic mass is 32.1. The van der Waals surface area contributed by atoms with E-state index in [0.29, 0.717) is 12.5 Å². The van der Waals surface area contributed by atoms with Crippen molar-refractivity contribution < 1.29 is 14.4 Å². The highest BCUT2D eigenvalue weighted by Gasteiger charge is 2.28. The van der Waals surface area contributed by atoms with Gasteiger partial charge in [-0.3, -0.25) is 0 Å². The Bertz CT molecular complexity index is 1980. The number of carboxylic acid groups (broad SMARTS) is 1. The number of nitrogens with zero attached hydrogens (tertiary/aromatic N) is 4. The lowest BCUT2D eigenvalue weighted by Crippen LogP contribution is -2.08. The van der Waals surface area contributed by atoms with Crippen LogP contribution in [-0.2, 0) is 6.54 Å². The van der Waals surface area contributed by atoms with Gasteiger partial charge in [-0.2, -0.15) is 0 Å². The number of aromatic nitrogens is 4. The van der Waals surface area contributed by atoms with Crippen LogP contribution >= 0.6 is 11.3 Å². The van der Waals surface area contributed by atoms with E-state index in [9.17, 15) is 9.90 Å². The summed E-state index contributed by atoms with van der Waals surface area (Å²) in [5.74, 6) is 0.225. The molecule has 7 rings (SSSR count). The van der Waals surface area contributed by atoms with E-state index in [1.807, 2.05) is 39.0 Å². The van der Waals surface area contributed by atoms with Crippen LogP contribution in [0.2, 0.25) is 0 Å². The molecule has 8 heteroatoms.